The zero-order valence-electron chi connectivity index (χ0n) is 9.19. The van der Waals surface area contributed by atoms with Crippen molar-refractivity contribution >= 4 is 21.7 Å². The van der Waals surface area contributed by atoms with Crippen molar-refractivity contribution in [2.45, 2.75) is 12.3 Å². The topological polar surface area (TPSA) is 17.1 Å². The molecule has 0 fully saturated rings. The molecule has 0 aliphatic heterocycles. The second-order valence-corrected chi connectivity index (χ2v) is 5.14. The molecule has 0 saturated carbocycles. The van der Waals surface area contributed by atoms with E-state index < -0.39 is 0 Å². The molecule has 2 aromatic carbocycles. The minimum Gasteiger partial charge on any atom is -0.294 e. The Labute approximate surface area is 109 Å². The summed E-state index contributed by atoms with van der Waals surface area (Å²) in [7, 11) is 0. The van der Waals surface area contributed by atoms with Crippen LogP contribution in [0.25, 0.3) is 0 Å². The van der Waals surface area contributed by atoms with Gasteiger partial charge in [0, 0.05) is 22.4 Å². The van der Waals surface area contributed by atoms with Gasteiger partial charge in [0.1, 0.15) is 0 Å². The van der Waals surface area contributed by atoms with E-state index in [1.54, 1.807) is 0 Å². The number of hydrogen-bond donors (Lipinski definition) is 0. The summed E-state index contributed by atoms with van der Waals surface area (Å²) >= 11 is 3.57. The molecule has 0 spiro atoms. The number of carbonyl (C=O) groups excluding carboxylic acids is 1. The van der Waals surface area contributed by atoms with E-state index in [9.17, 15) is 4.79 Å². The van der Waals surface area contributed by atoms with Crippen LogP contribution in [0.3, 0.4) is 0 Å². The van der Waals surface area contributed by atoms with Gasteiger partial charge in [-0.25, -0.2) is 0 Å². The summed E-state index contributed by atoms with van der Waals surface area (Å²) in [5.74, 6) is 0.454. The molecule has 17 heavy (non-hydrogen) atoms. The van der Waals surface area contributed by atoms with Gasteiger partial charge in [-0.3, -0.25) is 4.79 Å². The summed E-state index contributed by atoms with van der Waals surface area (Å²) in [6, 6.07) is 16.0. The molecule has 0 saturated heterocycles. The standard InChI is InChI=1S/C15H11BrO/c16-14-8-4-3-6-11(14)13-9-15(17)12-7-2-1-5-10(12)13/h1-8,13H,9H2. The van der Waals surface area contributed by atoms with E-state index in [1.807, 2.05) is 36.4 Å². The minimum atomic E-state index is 0.203. The molecule has 0 heterocycles. The van der Waals surface area contributed by atoms with Gasteiger partial charge in [-0.15, -0.1) is 0 Å². The molecule has 0 bridgehead atoms. The fraction of sp³-hybridized carbons (Fsp3) is 0.133. The van der Waals surface area contributed by atoms with E-state index in [2.05, 4.69) is 28.1 Å². The number of Topliss-reactive ketones (excluding diaryl/α,β-unsaturated/α-hetero) is 1. The first-order valence-corrected chi connectivity index (χ1v) is 6.43. The Morgan fingerprint density at radius 1 is 0.941 bits per heavy atom. The predicted octanol–water partition coefficient (Wildman–Crippen LogP) is 4.17. The number of rotatable bonds is 1. The maximum Gasteiger partial charge on any atom is 0.164 e. The molecule has 0 amide bonds. The molecular formula is C15H11BrO. The van der Waals surface area contributed by atoms with E-state index in [0.29, 0.717) is 6.42 Å². The normalized spacial score (nSPS) is 18.2. The van der Waals surface area contributed by atoms with Crippen molar-refractivity contribution in [2.75, 3.05) is 0 Å². The molecule has 1 atom stereocenters. The number of halogens is 1. The Balaban J connectivity index is 2.14. The summed E-state index contributed by atoms with van der Waals surface area (Å²) in [5, 5.41) is 0. The van der Waals surface area contributed by atoms with Crippen molar-refractivity contribution in [3.63, 3.8) is 0 Å². The lowest BCUT2D eigenvalue weighted by molar-refractivity contribution is 0.0991. The van der Waals surface area contributed by atoms with Crippen LogP contribution in [-0.2, 0) is 0 Å². The van der Waals surface area contributed by atoms with E-state index in [4.69, 9.17) is 0 Å². The van der Waals surface area contributed by atoms with Crippen LogP contribution in [0.5, 0.6) is 0 Å². The second-order valence-electron chi connectivity index (χ2n) is 4.29. The van der Waals surface area contributed by atoms with Gasteiger partial charge in [0.25, 0.3) is 0 Å². The molecule has 1 unspecified atom stereocenters. The van der Waals surface area contributed by atoms with Crippen LogP contribution in [0.15, 0.2) is 53.0 Å². The Kier molecular flexibility index (Phi) is 2.60. The summed E-state index contributed by atoms with van der Waals surface area (Å²) < 4.78 is 1.08. The van der Waals surface area contributed by atoms with Crippen molar-refractivity contribution in [1.29, 1.82) is 0 Å². The van der Waals surface area contributed by atoms with Gasteiger partial charge >= 0.3 is 0 Å². The van der Waals surface area contributed by atoms with Crippen LogP contribution in [0.2, 0.25) is 0 Å². The molecule has 3 rings (SSSR count). The van der Waals surface area contributed by atoms with Gasteiger partial charge in [0.15, 0.2) is 5.78 Å². The molecule has 2 aromatic rings. The lowest BCUT2D eigenvalue weighted by atomic mass is 9.93. The quantitative estimate of drug-likeness (QED) is 0.769. The summed E-state index contributed by atoms with van der Waals surface area (Å²) in [6.45, 7) is 0. The Bertz CT molecular complexity index is 589. The monoisotopic (exact) mass is 286 g/mol. The van der Waals surface area contributed by atoms with Crippen molar-refractivity contribution in [3.8, 4) is 0 Å². The SMILES string of the molecule is O=C1CC(c2ccccc2Br)c2ccccc21. The number of hydrogen-bond acceptors (Lipinski definition) is 1. The van der Waals surface area contributed by atoms with Crippen LogP contribution in [0.4, 0.5) is 0 Å². The minimum absolute atomic E-state index is 0.203. The number of benzene rings is 2. The number of fused-ring (bicyclic) bond motifs is 1. The van der Waals surface area contributed by atoms with Crippen molar-refractivity contribution in [3.05, 3.63) is 69.7 Å². The second kappa shape index (κ2) is 4.11. The molecule has 2 heteroatoms. The predicted molar refractivity (Wildman–Crippen MR) is 71.4 cm³/mol. The Morgan fingerprint density at radius 3 is 2.35 bits per heavy atom. The fourth-order valence-corrected chi connectivity index (χ4v) is 3.06. The zero-order valence-corrected chi connectivity index (χ0v) is 10.8. The average molecular weight is 287 g/mol. The highest BCUT2D eigenvalue weighted by molar-refractivity contribution is 9.10. The van der Waals surface area contributed by atoms with Gasteiger partial charge in [-0.1, -0.05) is 58.4 Å². The maximum atomic E-state index is 11.9. The molecule has 1 nitrogen and oxygen atoms in total. The van der Waals surface area contributed by atoms with Crippen LogP contribution >= 0.6 is 15.9 Å². The zero-order chi connectivity index (χ0) is 11.8. The fourth-order valence-electron chi connectivity index (χ4n) is 2.50. The van der Waals surface area contributed by atoms with Gasteiger partial charge in [0.2, 0.25) is 0 Å². The van der Waals surface area contributed by atoms with Crippen molar-refractivity contribution in [1.82, 2.24) is 0 Å². The van der Waals surface area contributed by atoms with E-state index >= 15 is 0 Å². The molecule has 0 radical (unpaired) electrons. The third-order valence-electron chi connectivity index (χ3n) is 3.31. The van der Waals surface area contributed by atoms with Gasteiger partial charge in [-0.2, -0.15) is 0 Å². The van der Waals surface area contributed by atoms with Crippen molar-refractivity contribution in [2.24, 2.45) is 0 Å². The average Bonchev–Trinajstić information content (AvgIpc) is 2.68. The van der Waals surface area contributed by atoms with E-state index in [1.165, 1.54) is 5.56 Å². The molecule has 1 aliphatic carbocycles. The summed E-state index contributed by atoms with van der Waals surface area (Å²) in [6.07, 6.45) is 0.585. The van der Waals surface area contributed by atoms with Crippen LogP contribution in [-0.4, -0.2) is 5.78 Å². The lowest BCUT2D eigenvalue weighted by Gasteiger charge is -2.12. The third kappa shape index (κ3) is 1.73. The van der Waals surface area contributed by atoms with Gasteiger partial charge in [-0.05, 0) is 17.2 Å². The number of ketones is 1. The van der Waals surface area contributed by atoms with E-state index in [0.717, 1.165) is 15.6 Å². The van der Waals surface area contributed by atoms with Gasteiger partial charge < -0.3 is 0 Å². The maximum absolute atomic E-state index is 11.9. The smallest absolute Gasteiger partial charge is 0.164 e. The Morgan fingerprint density at radius 2 is 1.59 bits per heavy atom. The first-order valence-electron chi connectivity index (χ1n) is 5.64. The van der Waals surface area contributed by atoms with Crippen LogP contribution in [0.1, 0.15) is 33.8 Å². The van der Waals surface area contributed by atoms with Crippen LogP contribution in [0, 0.1) is 0 Å². The molecule has 0 N–H and O–H groups in total. The van der Waals surface area contributed by atoms with E-state index in [-0.39, 0.29) is 11.7 Å². The van der Waals surface area contributed by atoms with Gasteiger partial charge in [0.05, 0.1) is 0 Å². The molecule has 0 aromatic heterocycles. The summed E-state index contributed by atoms with van der Waals surface area (Å²) in [4.78, 5) is 11.9. The third-order valence-corrected chi connectivity index (χ3v) is 4.03. The molecular weight excluding hydrogens is 276 g/mol. The highest BCUT2D eigenvalue weighted by Crippen LogP contribution is 2.40. The highest BCUT2D eigenvalue weighted by atomic mass is 79.9. The lowest BCUT2D eigenvalue weighted by Crippen LogP contribution is -1.97. The largest absolute Gasteiger partial charge is 0.294 e. The van der Waals surface area contributed by atoms with Crippen molar-refractivity contribution < 1.29 is 4.79 Å². The first kappa shape index (κ1) is 10.7. The summed E-state index contributed by atoms with van der Waals surface area (Å²) in [5.41, 5.74) is 3.24. The molecule has 1 aliphatic rings. The highest BCUT2D eigenvalue weighted by Gasteiger charge is 2.30. The molecule has 84 valence electrons. The Hall–Kier alpha value is -1.41. The number of carbonyl (C=O) groups is 1. The first-order chi connectivity index (χ1) is 8.27. The van der Waals surface area contributed by atoms with Crippen LogP contribution < -0.4 is 0 Å².